The van der Waals surface area contributed by atoms with Gasteiger partial charge in [-0.3, -0.25) is 0 Å². The first kappa shape index (κ1) is 12.0. The van der Waals surface area contributed by atoms with Crippen LogP contribution in [0.2, 0.25) is 0 Å². The molecule has 0 atom stereocenters. The summed E-state index contributed by atoms with van der Waals surface area (Å²) in [6, 6.07) is 2.38. The molecular weight excluding hydrogens is 214 g/mol. The summed E-state index contributed by atoms with van der Waals surface area (Å²) in [6.07, 6.45) is 2.67. The van der Waals surface area contributed by atoms with Gasteiger partial charge in [0.2, 0.25) is 5.95 Å². The summed E-state index contributed by atoms with van der Waals surface area (Å²) in [4.78, 5) is 10.8. The van der Waals surface area contributed by atoms with Crippen LogP contribution >= 0.6 is 0 Å². The highest BCUT2D eigenvalue weighted by molar-refractivity contribution is 5.52. The molecule has 0 amide bonds. The van der Waals surface area contributed by atoms with E-state index in [1.165, 1.54) is 12.8 Å². The fraction of sp³-hybridized carbons (Fsp3) is 0.667. The van der Waals surface area contributed by atoms with Gasteiger partial charge in [0.25, 0.3) is 0 Å². The quantitative estimate of drug-likeness (QED) is 0.813. The molecule has 94 valence electrons. The zero-order chi connectivity index (χ0) is 12.4. The van der Waals surface area contributed by atoms with Gasteiger partial charge in [-0.2, -0.15) is 9.97 Å². The predicted octanol–water partition coefficient (Wildman–Crippen LogP) is 1.73. The van der Waals surface area contributed by atoms with Crippen molar-refractivity contribution < 1.29 is 0 Å². The Morgan fingerprint density at radius 3 is 2.71 bits per heavy atom. The monoisotopic (exact) mass is 235 g/mol. The zero-order valence-electron chi connectivity index (χ0n) is 10.8. The lowest BCUT2D eigenvalue weighted by Crippen LogP contribution is -2.33. The topological polar surface area (TPSA) is 67.1 Å². The van der Waals surface area contributed by atoms with E-state index in [-0.39, 0.29) is 0 Å². The first-order valence-electron chi connectivity index (χ1n) is 6.19. The van der Waals surface area contributed by atoms with Crippen LogP contribution in [-0.4, -0.2) is 29.6 Å². The maximum Gasteiger partial charge on any atom is 0.223 e. The fourth-order valence-corrected chi connectivity index (χ4v) is 1.88. The molecular formula is C12H21N5. The van der Waals surface area contributed by atoms with E-state index in [0.717, 1.165) is 24.1 Å². The maximum atomic E-state index is 5.73. The SMILES string of the molecule is CNc1cc(N(CC2CC2)C(C)C)nc(N)n1. The Hall–Kier alpha value is -1.52. The van der Waals surface area contributed by atoms with Crippen LogP contribution in [0.4, 0.5) is 17.6 Å². The summed E-state index contributed by atoms with van der Waals surface area (Å²) in [5.74, 6) is 2.85. The van der Waals surface area contributed by atoms with E-state index in [1.807, 2.05) is 13.1 Å². The van der Waals surface area contributed by atoms with Crippen molar-refractivity contribution in [2.75, 3.05) is 29.5 Å². The first-order valence-corrected chi connectivity index (χ1v) is 6.19. The molecule has 3 N–H and O–H groups in total. The largest absolute Gasteiger partial charge is 0.373 e. The molecule has 0 bridgehead atoms. The van der Waals surface area contributed by atoms with Crippen molar-refractivity contribution in [3.05, 3.63) is 6.07 Å². The molecule has 1 fully saturated rings. The first-order chi connectivity index (χ1) is 8.10. The lowest BCUT2D eigenvalue weighted by atomic mass is 10.2. The van der Waals surface area contributed by atoms with Crippen molar-refractivity contribution in [3.8, 4) is 0 Å². The van der Waals surface area contributed by atoms with E-state index in [2.05, 4.69) is 34.0 Å². The maximum absolute atomic E-state index is 5.73. The minimum Gasteiger partial charge on any atom is -0.373 e. The lowest BCUT2D eigenvalue weighted by molar-refractivity contribution is 0.636. The van der Waals surface area contributed by atoms with Crippen LogP contribution in [-0.2, 0) is 0 Å². The van der Waals surface area contributed by atoms with Crippen LogP contribution < -0.4 is 16.0 Å². The van der Waals surface area contributed by atoms with E-state index in [0.29, 0.717) is 12.0 Å². The van der Waals surface area contributed by atoms with E-state index >= 15 is 0 Å². The number of nitrogens with two attached hydrogens (primary N) is 1. The van der Waals surface area contributed by atoms with Crippen molar-refractivity contribution in [2.24, 2.45) is 5.92 Å². The Labute approximate surface area is 102 Å². The molecule has 0 saturated heterocycles. The second-order valence-electron chi connectivity index (χ2n) is 4.91. The van der Waals surface area contributed by atoms with Crippen molar-refractivity contribution in [2.45, 2.75) is 32.7 Å². The number of nitrogens with zero attached hydrogens (tertiary/aromatic N) is 3. The molecule has 2 rings (SSSR count). The molecule has 1 heterocycles. The molecule has 0 aromatic carbocycles. The Morgan fingerprint density at radius 1 is 1.47 bits per heavy atom. The molecule has 5 nitrogen and oxygen atoms in total. The van der Waals surface area contributed by atoms with Gasteiger partial charge in [0, 0.05) is 25.7 Å². The predicted molar refractivity (Wildman–Crippen MR) is 71.2 cm³/mol. The third kappa shape index (κ3) is 2.99. The highest BCUT2D eigenvalue weighted by atomic mass is 15.2. The third-order valence-corrected chi connectivity index (χ3v) is 3.06. The van der Waals surface area contributed by atoms with Crippen molar-refractivity contribution in [1.29, 1.82) is 0 Å². The summed E-state index contributed by atoms with van der Waals surface area (Å²) in [5.41, 5.74) is 5.73. The number of nitrogens with one attached hydrogen (secondary N) is 1. The van der Waals surface area contributed by atoms with Crippen molar-refractivity contribution in [3.63, 3.8) is 0 Å². The standard InChI is InChI=1S/C12H21N5/c1-8(2)17(7-9-4-5-9)11-6-10(14-3)15-12(13)16-11/h6,8-9H,4-5,7H2,1-3H3,(H3,13,14,15,16). The molecule has 0 spiro atoms. The number of rotatable bonds is 5. The lowest BCUT2D eigenvalue weighted by Gasteiger charge is -2.28. The summed E-state index contributed by atoms with van der Waals surface area (Å²) < 4.78 is 0. The van der Waals surface area contributed by atoms with E-state index in [4.69, 9.17) is 5.73 Å². The summed E-state index contributed by atoms with van der Waals surface area (Å²) in [6.45, 7) is 5.43. The van der Waals surface area contributed by atoms with Crippen LogP contribution in [0.25, 0.3) is 0 Å². The van der Waals surface area contributed by atoms with Gasteiger partial charge >= 0.3 is 0 Å². The zero-order valence-corrected chi connectivity index (χ0v) is 10.8. The van der Waals surface area contributed by atoms with Gasteiger partial charge in [0.1, 0.15) is 11.6 Å². The van der Waals surface area contributed by atoms with Gasteiger partial charge in [-0.15, -0.1) is 0 Å². The number of hydrogen-bond acceptors (Lipinski definition) is 5. The van der Waals surface area contributed by atoms with E-state index in [1.54, 1.807) is 0 Å². The summed E-state index contributed by atoms with van der Waals surface area (Å²) in [5, 5.41) is 3.01. The van der Waals surface area contributed by atoms with Crippen LogP contribution in [0.3, 0.4) is 0 Å². The summed E-state index contributed by atoms with van der Waals surface area (Å²) in [7, 11) is 1.84. The molecule has 0 unspecified atom stereocenters. The van der Waals surface area contributed by atoms with Gasteiger partial charge in [-0.05, 0) is 32.6 Å². The highest BCUT2D eigenvalue weighted by Crippen LogP contribution is 2.32. The third-order valence-electron chi connectivity index (χ3n) is 3.06. The van der Waals surface area contributed by atoms with Crippen LogP contribution in [0, 0.1) is 5.92 Å². The van der Waals surface area contributed by atoms with Gasteiger partial charge in [0.05, 0.1) is 0 Å². The highest BCUT2D eigenvalue weighted by Gasteiger charge is 2.26. The average Bonchev–Trinajstić information content (AvgIpc) is 3.08. The van der Waals surface area contributed by atoms with Crippen molar-refractivity contribution >= 4 is 17.6 Å². The number of anilines is 3. The molecule has 1 aromatic heterocycles. The Balaban J connectivity index is 2.23. The second-order valence-corrected chi connectivity index (χ2v) is 4.91. The van der Waals surface area contributed by atoms with Gasteiger partial charge < -0.3 is 16.0 Å². The normalized spacial score (nSPS) is 15.1. The van der Waals surface area contributed by atoms with E-state index in [9.17, 15) is 0 Å². The second kappa shape index (κ2) is 4.77. The van der Waals surface area contributed by atoms with Gasteiger partial charge in [-0.1, -0.05) is 0 Å². The molecule has 1 aromatic rings. The molecule has 1 aliphatic rings. The minimum atomic E-state index is 0.327. The molecule has 17 heavy (non-hydrogen) atoms. The van der Waals surface area contributed by atoms with Crippen LogP contribution in [0.5, 0.6) is 0 Å². The molecule has 1 saturated carbocycles. The fourth-order valence-electron chi connectivity index (χ4n) is 1.88. The van der Waals surface area contributed by atoms with Gasteiger partial charge in [-0.25, -0.2) is 0 Å². The van der Waals surface area contributed by atoms with Crippen LogP contribution in [0.1, 0.15) is 26.7 Å². The Bertz CT molecular complexity index is 386. The molecule has 0 aliphatic heterocycles. The number of aromatic nitrogens is 2. The Kier molecular flexibility index (Phi) is 3.36. The van der Waals surface area contributed by atoms with Gasteiger partial charge in [0.15, 0.2) is 0 Å². The van der Waals surface area contributed by atoms with E-state index < -0.39 is 0 Å². The van der Waals surface area contributed by atoms with Crippen LogP contribution in [0.15, 0.2) is 6.07 Å². The minimum absolute atomic E-state index is 0.327. The average molecular weight is 235 g/mol. The summed E-state index contributed by atoms with van der Waals surface area (Å²) >= 11 is 0. The molecule has 0 radical (unpaired) electrons. The molecule has 1 aliphatic carbocycles. The molecule has 5 heteroatoms. The number of hydrogen-bond donors (Lipinski definition) is 2. The Morgan fingerprint density at radius 2 is 2.18 bits per heavy atom. The smallest absolute Gasteiger partial charge is 0.223 e. The van der Waals surface area contributed by atoms with Crippen molar-refractivity contribution in [1.82, 2.24) is 9.97 Å². The number of nitrogen functional groups attached to an aromatic ring is 1.